The van der Waals surface area contributed by atoms with Gasteiger partial charge in [-0.25, -0.2) is 13.8 Å². The number of methoxy groups -OCH3 is 1. The third kappa shape index (κ3) is 9.17. The molecule has 17 heteroatoms. The summed E-state index contributed by atoms with van der Waals surface area (Å²) in [5.74, 6) is -2.19. The van der Waals surface area contributed by atoms with E-state index in [0.717, 1.165) is 50.9 Å². The standard InChI is InChI=1S/C46H59F2N9O6/c1-4-36-44(62)54(2)37-25-49-45(52-41(37)57(36)30-9-5-6-10-30)50-35-13-11-29(22-38(35)63-3)42(60)53-46(17-21-58)15-19-55(20-16-46)26-28-8-7-18-56(27-28)31-23-33(47)40(34(48)24-31)32-12-14-39(59)51-43(32)61/h11,13,22-25,28,30,32,36,58H,4-10,12,14-21,26-27H2,1-3H3,(H,53,60)(H,49,50,52)(H,51,59,61)/t28-,32?,36-/m1/s1. The van der Waals surface area contributed by atoms with Gasteiger partial charge >= 0.3 is 0 Å². The van der Waals surface area contributed by atoms with Crippen molar-refractivity contribution in [1.82, 2.24) is 25.5 Å². The van der Waals surface area contributed by atoms with Crippen molar-refractivity contribution in [3.8, 4) is 5.75 Å². The van der Waals surface area contributed by atoms with Gasteiger partial charge in [0.15, 0.2) is 5.82 Å². The molecule has 3 saturated heterocycles. The summed E-state index contributed by atoms with van der Waals surface area (Å²) < 4.78 is 36.5. The maximum Gasteiger partial charge on any atom is 0.251 e. The van der Waals surface area contributed by atoms with Gasteiger partial charge in [0, 0.05) is 81.2 Å². The second kappa shape index (κ2) is 18.7. The summed E-state index contributed by atoms with van der Waals surface area (Å²) in [5, 5.41) is 18.9. The molecule has 3 aromatic rings. The van der Waals surface area contributed by atoms with Gasteiger partial charge in [-0.3, -0.25) is 24.5 Å². The second-order valence-corrected chi connectivity index (χ2v) is 17.9. The Bertz CT molecular complexity index is 2190. The van der Waals surface area contributed by atoms with E-state index in [2.05, 4.69) is 30.7 Å². The lowest BCUT2D eigenvalue weighted by molar-refractivity contribution is -0.134. The molecule has 1 aliphatic carbocycles. The number of anilines is 5. The number of nitrogens with one attached hydrogen (secondary N) is 3. The number of imide groups is 1. The topological polar surface area (TPSA) is 173 Å². The number of aliphatic hydroxyl groups is 1. The van der Waals surface area contributed by atoms with Crippen LogP contribution in [0.4, 0.5) is 37.6 Å². The van der Waals surface area contributed by atoms with Crippen LogP contribution in [0.1, 0.15) is 106 Å². The maximum atomic E-state index is 15.4. The highest BCUT2D eigenvalue weighted by molar-refractivity contribution is 6.04. The average Bonchev–Trinajstić information content (AvgIpc) is 3.81. The third-order valence-electron chi connectivity index (χ3n) is 14.0. The summed E-state index contributed by atoms with van der Waals surface area (Å²) in [7, 11) is 3.31. The van der Waals surface area contributed by atoms with Crippen LogP contribution in [0.2, 0.25) is 0 Å². The molecule has 8 rings (SSSR count). The van der Waals surface area contributed by atoms with E-state index < -0.39 is 34.9 Å². The molecule has 3 atom stereocenters. The van der Waals surface area contributed by atoms with Crippen LogP contribution >= 0.6 is 0 Å². The van der Waals surface area contributed by atoms with E-state index >= 15 is 8.78 Å². The first-order chi connectivity index (χ1) is 30.4. The highest BCUT2D eigenvalue weighted by Crippen LogP contribution is 2.41. The number of halogens is 2. The normalized spacial score (nSPS) is 23.1. The Morgan fingerprint density at radius 2 is 1.76 bits per heavy atom. The Kier molecular flexibility index (Phi) is 13.1. The fraction of sp³-hybridized carbons (Fsp3) is 0.565. The van der Waals surface area contributed by atoms with Crippen LogP contribution < -0.4 is 35.4 Å². The Morgan fingerprint density at radius 3 is 2.44 bits per heavy atom. The fourth-order valence-electron chi connectivity index (χ4n) is 10.5. The van der Waals surface area contributed by atoms with Crippen molar-refractivity contribution in [1.29, 1.82) is 0 Å². The second-order valence-electron chi connectivity index (χ2n) is 17.9. The number of carbonyl (C=O) groups excluding carboxylic acids is 4. The van der Waals surface area contributed by atoms with E-state index in [-0.39, 0.29) is 54.8 Å². The lowest BCUT2D eigenvalue weighted by atomic mass is 9.83. The van der Waals surface area contributed by atoms with Gasteiger partial charge in [-0.2, -0.15) is 4.98 Å². The molecule has 1 unspecified atom stereocenters. The molecule has 5 heterocycles. The number of hydrogen-bond acceptors (Lipinski definition) is 12. The first kappa shape index (κ1) is 44.2. The van der Waals surface area contributed by atoms with Crippen LogP contribution in [0.3, 0.4) is 0 Å². The molecule has 4 aliphatic heterocycles. The Labute approximate surface area is 366 Å². The monoisotopic (exact) mass is 871 g/mol. The van der Waals surface area contributed by atoms with Gasteiger partial charge in [-0.05, 0) is 94.0 Å². The minimum absolute atomic E-state index is 0.0356. The summed E-state index contributed by atoms with van der Waals surface area (Å²) in [6.07, 6.45) is 10.2. The first-order valence-corrected chi connectivity index (χ1v) is 22.5. The molecule has 338 valence electrons. The van der Waals surface area contributed by atoms with Gasteiger partial charge in [-0.15, -0.1) is 0 Å². The van der Waals surface area contributed by atoms with E-state index in [0.29, 0.717) is 86.2 Å². The molecule has 1 saturated carbocycles. The number of aliphatic hydroxyl groups excluding tert-OH is 1. The van der Waals surface area contributed by atoms with Gasteiger partial charge in [0.1, 0.15) is 29.1 Å². The molecule has 1 aromatic heterocycles. The predicted molar refractivity (Wildman–Crippen MR) is 235 cm³/mol. The van der Waals surface area contributed by atoms with E-state index in [1.54, 1.807) is 36.3 Å². The minimum Gasteiger partial charge on any atom is -0.495 e. The number of benzene rings is 2. The first-order valence-electron chi connectivity index (χ1n) is 22.5. The van der Waals surface area contributed by atoms with Gasteiger partial charge in [0.05, 0.1) is 24.9 Å². The number of piperidine rings is 3. The molecule has 4 N–H and O–H groups in total. The molecular formula is C46H59F2N9O6. The van der Waals surface area contributed by atoms with Gasteiger partial charge < -0.3 is 40.1 Å². The molecule has 15 nitrogen and oxygen atoms in total. The summed E-state index contributed by atoms with van der Waals surface area (Å²) >= 11 is 0. The molecule has 5 aliphatic rings. The van der Waals surface area contributed by atoms with Crippen molar-refractivity contribution in [3.05, 3.63) is 59.3 Å². The van der Waals surface area contributed by atoms with Crippen molar-refractivity contribution in [2.45, 2.75) is 108 Å². The van der Waals surface area contributed by atoms with Gasteiger partial charge in [0.2, 0.25) is 23.7 Å². The predicted octanol–water partition coefficient (Wildman–Crippen LogP) is 5.39. The summed E-state index contributed by atoms with van der Waals surface area (Å²) in [6.45, 7) is 5.41. The van der Waals surface area contributed by atoms with Crippen LogP contribution in [0.25, 0.3) is 0 Å². The van der Waals surface area contributed by atoms with Crippen LogP contribution in [0.15, 0.2) is 36.5 Å². The fourth-order valence-corrected chi connectivity index (χ4v) is 10.5. The summed E-state index contributed by atoms with van der Waals surface area (Å²) in [4.78, 5) is 68.9. The third-order valence-corrected chi connectivity index (χ3v) is 14.0. The molecular weight excluding hydrogens is 813 g/mol. The largest absolute Gasteiger partial charge is 0.495 e. The zero-order valence-corrected chi connectivity index (χ0v) is 36.4. The van der Waals surface area contributed by atoms with Crippen LogP contribution in [-0.2, 0) is 14.4 Å². The quantitative estimate of drug-likeness (QED) is 0.162. The number of ether oxygens (including phenoxy) is 1. The molecule has 2 aromatic carbocycles. The number of hydrogen-bond donors (Lipinski definition) is 4. The Morgan fingerprint density at radius 1 is 1.02 bits per heavy atom. The average molecular weight is 872 g/mol. The lowest BCUT2D eigenvalue weighted by Gasteiger charge is -2.44. The maximum absolute atomic E-state index is 15.4. The van der Waals surface area contributed by atoms with E-state index in [4.69, 9.17) is 9.72 Å². The van der Waals surface area contributed by atoms with Crippen molar-refractivity contribution >= 4 is 52.5 Å². The molecule has 0 spiro atoms. The number of likely N-dealkylation sites (tertiary alicyclic amines) is 1. The zero-order chi connectivity index (χ0) is 44.4. The zero-order valence-electron chi connectivity index (χ0n) is 36.4. The van der Waals surface area contributed by atoms with Crippen LogP contribution in [-0.4, -0.2) is 115 Å². The van der Waals surface area contributed by atoms with E-state index in [9.17, 15) is 24.3 Å². The number of aromatic nitrogens is 2. The van der Waals surface area contributed by atoms with Crippen molar-refractivity contribution < 1.29 is 37.8 Å². The number of rotatable bonds is 13. The van der Waals surface area contributed by atoms with Crippen LogP contribution in [0, 0.1) is 17.6 Å². The molecule has 4 fully saturated rings. The SMILES string of the molecule is CC[C@@H]1C(=O)N(C)c2cnc(Nc3ccc(C(=O)NC4(CCO)CCN(C[C@H]5CCCN(c6cc(F)c(C7CCC(=O)NC7=O)c(F)c6)C5)CC4)cc3OC)nc2N1C1CCCC1. The van der Waals surface area contributed by atoms with Crippen LogP contribution in [0.5, 0.6) is 5.75 Å². The minimum atomic E-state index is -1.04. The molecule has 0 bridgehead atoms. The molecule has 0 radical (unpaired) electrons. The highest BCUT2D eigenvalue weighted by Gasteiger charge is 2.42. The van der Waals surface area contributed by atoms with Gasteiger partial charge in [-0.1, -0.05) is 19.8 Å². The smallest absolute Gasteiger partial charge is 0.251 e. The van der Waals surface area contributed by atoms with Crippen molar-refractivity contribution in [2.75, 3.05) is 73.5 Å². The van der Waals surface area contributed by atoms with Gasteiger partial charge in [0.25, 0.3) is 5.91 Å². The Hall–Kier alpha value is -5.42. The number of nitrogens with zero attached hydrogens (tertiary/aromatic N) is 6. The molecule has 63 heavy (non-hydrogen) atoms. The number of fused-ring (bicyclic) bond motifs is 1. The number of carbonyl (C=O) groups is 4. The van der Waals surface area contributed by atoms with E-state index in [1.165, 1.54) is 19.2 Å². The van der Waals surface area contributed by atoms with Crippen molar-refractivity contribution in [3.63, 3.8) is 0 Å². The number of likely N-dealkylation sites (N-methyl/N-ethyl adjacent to an activating group) is 1. The summed E-state index contributed by atoms with van der Waals surface area (Å²) in [6, 6.07) is 7.71. The Balaban J connectivity index is 0.891. The highest BCUT2D eigenvalue weighted by atomic mass is 19.1. The number of amides is 4. The van der Waals surface area contributed by atoms with E-state index in [1.807, 2.05) is 11.8 Å². The summed E-state index contributed by atoms with van der Waals surface area (Å²) in [5.41, 5.74) is 1.18. The molecule has 4 amide bonds. The lowest BCUT2D eigenvalue weighted by Crippen LogP contribution is -2.56. The van der Waals surface area contributed by atoms with Crippen molar-refractivity contribution in [2.24, 2.45) is 5.92 Å².